The van der Waals surface area contributed by atoms with Crippen LogP contribution in [-0.2, 0) is 0 Å². The Balaban J connectivity index is 3.03. The zero-order valence-corrected chi connectivity index (χ0v) is 6.21. The fourth-order valence-corrected chi connectivity index (χ4v) is 0.733. The smallest absolute Gasteiger partial charge is 0.123 e. The Morgan fingerprint density at radius 1 is 1.50 bits per heavy atom. The minimum Gasteiger partial charge on any atom is -0.507 e. The second-order valence-corrected chi connectivity index (χ2v) is 2.64. The number of benzene rings is 1. The normalized spacial score (nSPS) is 9.12. The lowest BCUT2D eigenvalue weighted by atomic mass is 10.3. The van der Waals surface area contributed by atoms with Gasteiger partial charge in [-0.25, -0.2) is 0 Å². The van der Waals surface area contributed by atoms with Crippen LogP contribution in [0.5, 0.6) is 5.75 Å². The standard InChI is InChI=1S/C6H4IO/c7-5-1-3-6(8)4-2-5/h1-3,8H. The van der Waals surface area contributed by atoms with Gasteiger partial charge in [-0.2, -0.15) is 0 Å². The second kappa shape index (κ2) is 2.35. The van der Waals surface area contributed by atoms with Gasteiger partial charge in [0.25, 0.3) is 0 Å². The SMILES string of the molecule is Oc1[c]cc(I)cc1. The number of aromatic hydroxyl groups is 1. The van der Waals surface area contributed by atoms with Gasteiger partial charge < -0.3 is 5.11 Å². The van der Waals surface area contributed by atoms with E-state index in [0.717, 1.165) is 3.57 Å². The summed E-state index contributed by atoms with van der Waals surface area (Å²) in [5.74, 6) is 0.199. The van der Waals surface area contributed by atoms with E-state index < -0.39 is 0 Å². The Labute approximate surface area is 61.5 Å². The van der Waals surface area contributed by atoms with Crippen molar-refractivity contribution in [1.29, 1.82) is 0 Å². The molecule has 0 heterocycles. The Morgan fingerprint density at radius 3 is 2.62 bits per heavy atom. The number of hydrogen-bond acceptors (Lipinski definition) is 1. The largest absolute Gasteiger partial charge is 0.507 e. The van der Waals surface area contributed by atoms with Crippen molar-refractivity contribution in [3.8, 4) is 5.75 Å². The van der Waals surface area contributed by atoms with Crippen LogP contribution in [0.4, 0.5) is 0 Å². The lowest BCUT2D eigenvalue weighted by molar-refractivity contribution is 0.474. The molecule has 0 bridgehead atoms. The van der Waals surface area contributed by atoms with Crippen molar-refractivity contribution in [2.24, 2.45) is 0 Å². The van der Waals surface area contributed by atoms with Crippen LogP contribution in [0.15, 0.2) is 18.2 Å². The Bertz CT molecular complexity index is 147. The van der Waals surface area contributed by atoms with Gasteiger partial charge in [0.1, 0.15) is 5.75 Å². The molecule has 0 unspecified atom stereocenters. The summed E-state index contributed by atoms with van der Waals surface area (Å²) < 4.78 is 1.08. The maximum absolute atomic E-state index is 8.70. The van der Waals surface area contributed by atoms with Crippen LogP contribution in [0.1, 0.15) is 0 Å². The van der Waals surface area contributed by atoms with E-state index in [9.17, 15) is 0 Å². The summed E-state index contributed by atoms with van der Waals surface area (Å²) in [5.41, 5.74) is 0. The van der Waals surface area contributed by atoms with Crippen LogP contribution >= 0.6 is 22.6 Å². The zero-order chi connectivity index (χ0) is 5.98. The van der Waals surface area contributed by atoms with E-state index in [4.69, 9.17) is 5.11 Å². The molecule has 41 valence electrons. The molecule has 0 amide bonds. The fourth-order valence-electron chi connectivity index (χ4n) is 0.398. The number of hydrogen-bond donors (Lipinski definition) is 1. The maximum atomic E-state index is 8.70. The molecule has 0 aliphatic rings. The molecular formula is C6H4IO. The van der Waals surface area contributed by atoms with E-state index in [1.165, 1.54) is 0 Å². The van der Waals surface area contributed by atoms with Gasteiger partial charge in [-0.3, -0.25) is 0 Å². The fraction of sp³-hybridized carbons (Fsp3) is 0. The molecule has 0 saturated heterocycles. The molecular weight excluding hydrogens is 215 g/mol. The summed E-state index contributed by atoms with van der Waals surface area (Å²) in [6.45, 7) is 0. The van der Waals surface area contributed by atoms with Crippen molar-refractivity contribution in [2.75, 3.05) is 0 Å². The molecule has 1 aromatic rings. The van der Waals surface area contributed by atoms with Crippen molar-refractivity contribution < 1.29 is 5.11 Å². The molecule has 0 fully saturated rings. The molecule has 8 heavy (non-hydrogen) atoms. The molecule has 2 heteroatoms. The summed E-state index contributed by atoms with van der Waals surface area (Å²) in [6, 6.07) is 7.82. The lowest BCUT2D eigenvalue weighted by Crippen LogP contribution is -1.66. The van der Waals surface area contributed by atoms with E-state index in [1.807, 2.05) is 6.07 Å². The average molecular weight is 219 g/mol. The number of phenolic OH excluding ortho intramolecular Hbond substituents is 1. The van der Waals surface area contributed by atoms with Gasteiger partial charge in [0.2, 0.25) is 0 Å². The van der Waals surface area contributed by atoms with Gasteiger partial charge in [0.15, 0.2) is 0 Å². The summed E-state index contributed by atoms with van der Waals surface area (Å²) >= 11 is 2.15. The first-order valence-electron chi connectivity index (χ1n) is 2.15. The highest BCUT2D eigenvalue weighted by molar-refractivity contribution is 14.1. The summed E-state index contributed by atoms with van der Waals surface area (Å²) in [6.07, 6.45) is 0. The van der Waals surface area contributed by atoms with Gasteiger partial charge in [-0.1, -0.05) is 0 Å². The van der Waals surface area contributed by atoms with E-state index in [1.54, 1.807) is 12.1 Å². The Hall–Kier alpha value is -0.250. The van der Waals surface area contributed by atoms with Crippen molar-refractivity contribution >= 4 is 22.6 Å². The van der Waals surface area contributed by atoms with Gasteiger partial charge in [-0.05, 0) is 40.8 Å². The molecule has 0 aliphatic carbocycles. The van der Waals surface area contributed by atoms with E-state index in [-0.39, 0.29) is 5.75 Å². The summed E-state index contributed by atoms with van der Waals surface area (Å²) in [4.78, 5) is 0. The molecule has 1 rings (SSSR count). The first-order chi connectivity index (χ1) is 3.79. The predicted molar refractivity (Wildman–Crippen MR) is 39.7 cm³/mol. The predicted octanol–water partition coefficient (Wildman–Crippen LogP) is 1.80. The molecule has 0 aliphatic heterocycles. The van der Waals surface area contributed by atoms with E-state index in [0.29, 0.717) is 0 Å². The maximum Gasteiger partial charge on any atom is 0.123 e. The van der Waals surface area contributed by atoms with Crippen LogP contribution < -0.4 is 0 Å². The molecule has 0 atom stereocenters. The molecule has 1 N–H and O–H groups in total. The van der Waals surface area contributed by atoms with Crippen LogP contribution in [0.3, 0.4) is 0 Å². The van der Waals surface area contributed by atoms with Gasteiger partial charge in [-0.15, -0.1) is 0 Å². The molecule has 0 saturated carbocycles. The lowest BCUT2D eigenvalue weighted by Gasteiger charge is -1.87. The van der Waals surface area contributed by atoms with Gasteiger partial charge in [0, 0.05) is 9.64 Å². The molecule has 0 spiro atoms. The second-order valence-electron chi connectivity index (χ2n) is 1.39. The average Bonchev–Trinajstić information content (AvgIpc) is 1.77. The number of phenols is 1. The van der Waals surface area contributed by atoms with E-state index >= 15 is 0 Å². The van der Waals surface area contributed by atoms with Gasteiger partial charge >= 0.3 is 0 Å². The van der Waals surface area contributed by atoms with Crippen molar-refractivity contribution in [2.45, 2.75) is 0 Å². The first kappa shape index (κ1) is 5.88. The Kier molecular flexibility index (Phi) is 1.73. The zero-order valence-electron chi connectivity index (χ0n) is 4.06. The minimum atomic E-state index is 0.199. The van der Waals surface area contributed by atoms with Crippen LogP contribution in [0, 0.1) is 9.64 Å². The van der Waals surface area contributed by atoms with E-state index in [2.05, 4.69) is 28.7 Å². The van der Waals surface area contributed by atoms with Crippen LogP contribution in [0.2, 0.25) is 0 Å². The third-order valence-electron chi connectivity index (χ3n) is 0.758. The summed E-state index contributed by atoms with van der Waals surface area (Å²) in [5, 5.41) is 8.70. The highest BCUT2D eigenvalue weighted by atomic mass is 127. The molecule has 1 aromatic carbocycles. The molecule has 0 aromatic heterocycles. The first-order valence-corrected chi connectivity index (χ1v) is 3.23. The van der Waals surface area contributed by atoms with Crippen LogP contribution in [0.25, 0.3) is 0 Å². The van der Waals surface area contributed by atoms with Crippen molar-refractivity contribution in [3.05, 3.63) is 27.8 Å². The minimum absolute atomic E-state index is 0.199. The van der Waals surface area contributed by atoms with Gasteiger partial charge in [0.05, 0.1) is 0 Å². The molecule has 1 radical (unpaired) electrons. The number of rotatable bonds is 0. The monoisotopic (exact) mass is 219 g/mol. The van der Waals surface area contributed by atoms with Crippen molar-refractivity contribution in [1.82, 2.24) is 0 Å². The highest BCUT2D eigenvalue weighted by Gasteiger charge is 1.84. The topological polar surface area (TPSA) is 20.2 Å². The quantitative estimate of drug-likeness (QED) is 0.659. The Morgan fingerprint density at radius 2 is 2.25 bits per heavy atom. The third kappa shape index (κ3) is 1.36. The van der Waals surface area contributed by atoms with Crippen LogP contribution in [-0.4, -0.2) is 5.11 Å². The molecule has 1 nitrogen and oxygen atoms in total. The van der Waals surface area contributed by atoms with Crippen molar-refractivity contribution in [3.63, 3.8) is 0 Å². The number of halogens is 1. The highest BCUT2D eigenvalue weighted by Crippen LogP contribution is 2.09. The third-order valence-corrected chi connectivity index (χ3v) is 1.43. The summed E-state index contributed by atoms with van der Waals surface area (Å²) in [7, 11) is 0.